The quantitative estimate of drug-likeness (QED) is 0.443. The number of benzene rings is 1. The van der Waals surface area contributed by atoms with Crippen molar-refractivity contribution in [2.24, 2.45) is 4.99 Å². The number of methoxy groups -OCH3 is 2. The largest absolute Gasteiger partial charge is 0.493 e. The van der Waals surface area contributed by atoms with Crippen LogP contribution < -0.4 is 25.4 Å². The zero-order valence-corrected chi connectivity index (χ0v) is 17.4. The first kappa shape index (κ1) is 22.0. The van der Waals surface area contributed by atoms with E-state index in [-0.39, 0.29) is 5.91 Å². The Bertz CT molecular complexity index is 839. The molecule has 0 fully saturated rings. The van der Waals surface area contributed by atoms with Crippen molar-refractivity contribution in [2.75, 3.05) is 32.6 Å². The van der Waals surface area contributed by atoms with E-state index in [2.05, 4.69) is 25.9 Å². The van der Waals surface area contributed by atoms with Gasteiger partial charge in [0, 0.05) is 25.2 Å². The van der Waals surface area contributed by atoms with Crippen molar-refractivity contribution in [3.05, 3.63) is 47.7 Å². The molecule has 1 heterocycles. The summed E-state index contributed by atoms with van der Waals surface area (Å²) < 4.78 is 10.6. The molecule has 1 amide bonds. The fraction of sp³-hybridized carbons (Fsp3) is 0.381. The van der Waals surface area contributed by atoms with Crippen LogP contribution in [0.4, 0.5) is 5.82 Å². The second-order valence-corrected chi connectivity index (χ2v) is 6.27. The van der Waals surface area contributed by atoms with Gasteiger partial charge in [0.1, 0.15) is 5.82 Å². The van der Waals surface area contributed by atoms with Crippen molar-refractivity contribution in [3.63, 3.8) is 0 Å². The van der Waals surface area contributed by atoms with E-state index in [0.29, 0.717) is 42.8 Å². The smallest absolute Gasteiger partial charge is 0.227 e. The molecule has 1 aromatic heterocycles. The third-order valence-corrected chi connectivity index (χ3v) is 4.01. The molecule has 2 aromatic rings. The van der Waals surface area contributed by atoms with Crippen LogP contribution in [0.5, 0.6) is 11.5 Å². The van der Waals surface area contributed by atoms with Crippen LogP contribution >= 0.6 is 0 Å². The number of amides is 1. The number of aryl methyl sites for hydroxylation is 1. The van der Waals surface area contributed by atoms with Crippen molar-refractivity contribution in [1.82, 2.24) is 15.6 Å². The minimum atomic E-state index is -0.105. The summed E-state index contributed by atoms with van der Waals surface area (Å²) in [6.07, 6.45) is 0.302. The lowest BCUT2D eigenvalue weighted by Crippen LogP contribution is -2.38. The molecule has 0 saturated carbocycles. The Kier molecular flexibility index (Phi) is 8.75. The van der Waals surface area contributed by atoms with Gasteiger partial charge in [0.15, 0.2) is 17.5 Å². The van der Waals surface area contributed by atoms with Gasteiger partial charge in [-0.05, 0) is 43.7 Å². The molecule has 0 unspecified atom stereocenters. The highest BCUT2D eigenvalue weighted by Crippen LogP contribution is 2.27. The maximum atomic E-state index is 12.1. The van der Waals surface area contributed by atoms with Gasteiger partial charge < -0.3 is 25.4 Å². The fourth-order valence-electron chi connectivity index (χ4n) is 2.60. The van der Waals surface area contributed by atoms with Crippen molar-refractivity contribution >= 4 is 17.7 Å². The number of pyridine rings is 1. The number of hydrogen-bond acceptors (Lipinski definition) is 5. The van der Waals surface area contributed by atoms with Crippen LogP contribution in [-0.2, 0) is 11.3 Å². The number of aromatic nitrogens is 1. The van der Waals surface area contributed by atoms with Crippen LogP contribution in [0, 0.1) is 6.92 Å². The van der Waals surface area contributed by atoms with E-state index in [9.17, 15) is 4.79 Å². The van der Waals surface area contributed by atoms with Crippen molar-refractivity contribution in [3.8, 4) is 11.5 Å². The highest BCUT2D eigenvalue weighted by atomic mass is 16.5. The highest BCUT2D eigenvalue weighted by molar-refractivity contribution is 5.90. The molecule has 0 atom stereocenters. The number of anilines is 1. The van der Waals surface area contributed by atoms with E-state index < -0.39 is 0 Å². The van der Waals surface area contributed by atoms with Crippen LogP contribution in [0.25, 0.3) is 0 Å². The van der Waals surface area contributed by atoms with Crippen LogP contribution in [0.1, 0.15) is 24.6 Å². The Morgan fingerprint density at radius 3 is 2.59 bits per heavy atom. The van der Waals surface area contributed by atoms with E-state index >= 15 is 0 Å². The normalized spacial score (nSPS) is 11.0. The molecule has 8 heteroatoms. The number of hydrogen-bond donors (Lipinski definition) is 3. The predicted octanol–water partition coefficient (Wildman–Crippen LogP) is 2.49. The molecule has 8 nitrogen and oxygen atoms in total. The minimum absolute atomic E-state index is 0.105. The van der Waals surface area contributed by atoms with Gasteiger partial charge in [-0.3, -0.25) is 4.79 Å². The number of carbonyl (C=O) groups excluding carboxylic acids is 1. The number of nitrogens with one attached hydrogen (secondary N) is 3. The number of aliphatic imine (C=N–C) groups is 1. The van der Waals surface area contributed by atoms with Gasteiger partial charge in [-0.15, -0.1) is 0 Å². The lowest BCUT2D eigenvalue weighted by molar-refractivity contribution is -0.116. The monoisotopic (exact) mass is 399 g/mol. The number of carbonyl (C=O) groups is 1. The molecule has 1 aromatic carbocycles. The summed E-state index contributed by atoms with van der Waals surface area (Å²) in [5.41, 5.74) is 1.85. The fourth-order valence-corrected chi connectivity index (χ4v) is 2.60. The minimum Gasteiger partial charge on any atom is -0.493 e. The van der Waals surface area contributed by atoms with Gasteiger partial charge >= 0.3 is 0 Å². The molecular formula is C21H29N5O3. The first-order valence-corrected chi connectivity index (χ1v) is 9.52. The summed E-state index contributed by atoms with van der Waals surface area (Å²) in [4.78, 5) is 20.9. The summed E-state index contributed by atoms with van der Waals surface area (Å²) in [5, 5.41) is 9.14. The van der Waals surface area contributed by atoms with Gasteiger partial charge in [0.25, 0.3) is 0 Å². The second-order valence-electron chi connectivity index (χ2n) is 6.27. The molecule has 0 aliphatic heterocycles. The first-order chi connectivity index (χ1) is 14.0. The highest BCUT2D eigenvalue weighted by Gasteiger charge is 2.06. The summed E-state index contributed by atoms with van der Waals surface area (Å²) in [6, 6.07) is 11.2. The summed E-state index contributed by atoms with van der Waals surface area (Å²) in [6.45, 7) is 5.51. The lowest BCUT2D eigenvalue weighted by Gasteiger charge is -2.12. The van der Waals surface area contributed by atoms with E-state index in [0.717, 1.165) is 17.8 Å². The van der Waals surface area contributed by atoms with E-state index in [1.165, 1.54) is 0 Å². The number of ether oxygens (including phenoxy) is 2. The second kappa shape index (κ2) is 11.5. The Morgan fingerprint density at radius 1 is 1.10 bits per heavy atom. The summed E-state index contributed by atoms with van der Waals surface area (Å²) >= 11 is 0. The SMILES string of the molecule is CCNC(=NCc1ccc(OC)c(OC)c1)NCCC(=O)Nc1cccc(C)n1. The Labute approximate surface area is 171 Å². The average Bonchev–Trinajstić information content (AvgIpc) is 2.71. The van der Waals surface area contributed by atoms with Gasteiger partial charge in [-0.25, -0.2) is 9.98 Å². The van der Waals surface area contributed by atoms with Gasteiger partial charge in [-0.2, -0.15) is 0 Å². The van der Waals surface area contributed by atoms with Gasteiger partial charge in [0.2, 0.25) is 5.91 Å². The zero-order valence-electron chi connectivity index (χ0n) is 17.4. The van der Waals surface area contributed by atoms with Crippen molar-refractivity contribution in [2.45, 2.75) is 26.8 Å². The average molecular weight is 399 g/mol. The first-order valence-electron chi connectivity index (χ1n) is 9.52. The number of guanidine groups is 1. The third-order valence-electron chi connectivity index (χ3n) is 4.01. The molecule has 0 bridgehead atoms. The molecule has 29 heavy (non-hydrogen) atoms. The summed E-state index contributed by atoms with van der Waals surface area (Å²) in [7, 11) is 3.21. The Balaban J connectivity index is 1.88. The van der Waals surface area contributed by atoms with E-state index in [1.54, 1.807) is 20.3 Å². The topological polar surface area (TPSA) is 96.9 Å². The Hall–Kier alpha value is -3.29. The van der Waals surface area contributed by atoms with Crippen LogP contribution in [0.15, 0.2) is 41.4 Å². The van der Waals surface area contributed by atoms with Crippen molar-refractivity contribution < 1.29 is 14.3 Å². The van der Waals surface area contributed by atoms with Crippen LogP contribution in [0.2, 0.25) is 0 Å². The van der Waals surface area contributed by atoms with E-state index in [4.69, 9.17) is 9.47 Å². The van der Waals surface area contributed by atoms with Gasteiger partial charge in [-0.1, -0.05) is 12.1 Å². The predicted molar refractivity (Wildman–Crippen MR) is 115 cm³/mol. The third kappa shape index (κ3) is 7.33. The molecule has 0 spiro atoms. The molecule has 156 valence electrons. The standard InChI is InChI=1S/C21H29N5O3/c1-5-22-21(24-14-16-9-10-17(28-3)18(13-16)29-4)23-12-11-20(27)26-19-8-6-7-15(2)25-19/h6-10,13H,5,11-12,14H2,1-4H3,(H2,22,23,24)(H,25,26,27). The molecule has 3 N–H and O–H groups in total. The Morgan fingerprint density at radius 2 is 1.90 bits per heavy atom. The molecule has 0 aliphatic carbocycles. The molecule has 0 radical (unpaired) electrons. The molecule has 0 aliphatic rings. The molecular weight excluding hydrogens is 370 g/mol. The maximum Gasteiger partial charge on any atom is 0.227 e. The zero-order chi connectivity index (χ0) is 21.1. The number of nitrogens with zero attached hydrogens (tertiary/aromatic N) is 2. The van der Waals surface area contributed by atoms with E-state index in [1.807, 2.05) is 44.2 Å². The number of rotatable bonds is 9. The maximum absolute atomic E-state index is 12.1. The molecule has 0 saturated heterocycles. The van der Waals surface area contributed by atoms with Crippen LogP contribution in [-0.4, -0.2) is 44.2 Å². The lowest BCUT2D eigenvalue weighted by atomic mass is 10.2. The van der Waals surface area contributed by atoms with Crippen molar-refractivity contribution in [1.29, 1.82) is 0 Å². The van der Waals surface area contributed by atoms with Gasteiger partial charge in [0.05, 0.1) is 20.8 Å². The molecule has 2 rings (SSSR count). The summed E-state index contributed by atoms with van der Waals surface area (Å²) in [5.74, 6) is 2.44. The van der Waals surface area contributed by atoms with Crippen LogP contribution in [0.3, 0.4) is 0 Å².